The number of rotatable bonds is 6. The maximum Gasteiger partial charge on any atom is 0.302 e. The van der Waals surface area contributed by atoms with Gasteiger partial charge in [-0.05, 0) is 84.9 Å². The molecule has 0 unspecified atom stereocenters. The van der Waals surface area contributed by atoms with Crippen LogP contribution in [0.3, 0.4) is 0 Å². The van der Waals surface area contributed by atoms with Gasteiger partial charge < -0.3 is 20.1 Å². The third-order valence-electron chi connectivity index (χ3n) is 10.8. The number of hydrogen-bond donors (Lipinski definition) is 3. The van der Waals surface area contributed by atoms with Gasteiger partial charge in [-0.2, -0.15) is 0 Å². The van der Waals surface area contributed by atoms with Crippen molar-refractivity contribution in [2.45, 2.75) is 111 Å². The Morgan fingerprint density at radius 1 is 1.20 bits per heavy atom. The Morgan fingerprint density at radius 2 is 1.89 bits per heavy atom. The topological polar surface area (TPSA) is 87.0 Å². The summed E-state index contributed by atoms with van der Waals surface area (Å²) in [4.78, 5) is 11.5. The first-order chi connectivity index (χ1) is 16.3. The van der Waals surface area contributed by atoms with Crippen molar-refractivity contribution < 1.29 is 24.9 Å². The molecular weight excluding hydrogens is 440 g/mol. The number of carbonyl (C=O) groups is 1. The third-order valence-corrected chi connectivity index (χ3v) is 10.8. The summed E-state index contributed by atoms with van der Waals surface area (Å²) in [5, 5.41) is 34.5. The van der Waals surface area contributed by atoms with E-state index in [0.717, 1.165) is 31.3 Å². The molecule has 0 aromatic carbocycles. The lowest BCUT2D eigenvalue weighted by atomic mass is 9.45. The summed E-state index contributed by atoms with van der Waals surface area (Å²) >= 11 is 0. The molecule has 0 spiro atoms. The molecule has 0 aromatic rings. The summed E-state index contributed by atoms with van der Waals surface area (Å²) in [6, 6.07) is 0. The van der Waals surface area contributed by atoms with Gasteiger partial charge in [-0.1, -0.05) is 58.4 Å². The molecule has 4 aliphatic rings. The quantitative estimate of drug-likeness (QED) is 0.360. The Morgan fingerprint density at radius 3 is 2.51 bits per heavy atom. The molecule has 0 saturated heterocycles. The van der Waals surface area contributed by atoms with Crippen LogP contribution in [0.5, 0.6) is 0 Å². The van der Waals surface area contributed by atoms with Crippen LogP contribution in [0, 0.1) is 46.3 Å². The van der Waals surface area contributed by atoms with Gasteiger partial charge >= 0.3 is 5.97 Å². The van der Waals surface area contributed by atoms with Gasteiger partial charge in [0.2, 0.25) is 0 Å². The van der Waals surface area contributed by atoms with E-state index >= 15 is 0 Å². The van der Waals surface area contributed by atoms with Crippen molar-refractivity contribution in [1.29, 1.82) is 0 Å². The number of carbonyl (C=O) groups excluding carboxylic acids is 1. The highest BCUT2D eigenvalue weighted by atomic mass is 16.5. The van der Waals surface area contributed by atoms with Gasteiger partial charge in [0.05, 0.1) is 18.3 Å². The fourth-order valence-corrected chi connectivity index (χ4v) is 9.04. The van der Waals surface area contributed by atoms with Gasteiger partial charge in [-0.15, -0.1) is 0 Å². The second-order valence-electron chi connectivity index (χ2n) is 13.2. The van der Waals surface area contributed by atoms with E-state index in [9.17, 15) is 20.1 Å². The molecule has 3 fully saturated rings. The summed E-state index contributed by atoms with van der Waals surface area (Å²) < 4.78 is 5.51. The van der Waals surface area contributed by atoms with Gasteiger partial charge in [0.25, 0.3) is 0 Å². The van der Waals surface area contributed by atoms with E-state index in [0.29, 0.717) is 31.1 Å². The lowest BCUT2D eigenvalue weighted by Gasteiger charge is -2.61. The lowest BCUT2D eigenvalue weighted by Crippen LogP contribution is -2.60. The van der Waals surface area contributed by atoms with E-state index in [1.807, 2.05) is 6.08 Å². The summed E-state index contributed by atoms with van der Waals surface area (Å²) in [6.07, 6.45) is 5.83. The Labute approximate surface area is 212 Å². The Balaban J connectivity index is 1.60. The number of fused-ring (bicyclic) bond motifs is 5. The number of esters is 1. The van der Waals surface area contributed by atoms with Gasteiger partial charge in [0.15, 0.2) is 0 Å². The van der Waals surface area contributed by atoms with Crippen molar-refractivity contribution >= 4 is 5.97 Å². The minimum Gasteiger partial charge on any atom is -0.462 e. The summed E-state index contributed by atoms with van der Waals surface area (Å²) in [6.45, 7) is 16.8. The highest BCUT2D eigenvalue weighted by molar-refractivity contribution is 5.66. The normalized spacial score (nSPS) is 45.7. The van der Waals surface area contributed by atoms with Crippen molar-refractivity contribution in [2.75, 3.05) is 0 Å². The predicted octanol–water partition coefficient (Wildman–Crippen LogP) is 5.04. The molecule has 4 rings (SSSR count). The van der Waals surface area contributed by atoms with Gasteiger partial charge in [0.1, 0.15) is 6.10 Å². The number of allylic oxidation sites excluding steroid dienone is 1. The zero-order chi connectivity index (χ0) is 25.9. The third kappa shape index (κ3) is 4.55. The fourth-order valence-electron chi connectivity index (χ4n) is 9.04. The van der Waals surface area contributed by atoms with E-state index < -0.39 is 18.3 Å². The summed E-state index contributed by atoms with van der Waals surface area (Å²) in [5.74, 6) is 0.679. The fraction of sp³-hybridized carbons (Fsp3) is 0.833. The molecule has 0 radical (unpaired) electrons. The molecular formula is C30H48O5. The molecule has 0 aromatic heterocycles. The van der Waals surface area contributed by atoms with Gasteiger partial charge in [0, 0.05) is 13.3 Å². The largest absolute Gasteiger partial charge is 0.462 e. The SMILES string of the molecule is C=C(CC[C@@H](C)[C@H]1[C@@H](O)C[C@H]2[C@H]3[C@H]([C@H](O)C[C@]12C)[C@@]1(C)CC[C@H](OC(C)=O)CC1=C[C@H]3O)C(C)C. The van der Waals surface area contributed by atoms with Crippen LogP contribution in [-0.4, -0.2) is 45.7 Å². The predicted molar refractivity (Wildman–Crippen MR) is 137 cm³/mol. The van der Waals surface area contributed by atoms with Crippen LogP contribution >= 0.6 is 0 Å². The summed E-state index contributed by atoms with van der Waals surface area (Å²) in [7, 11) is 0. The standard InChI is InChI=1S/C30H48O5/c1-16(2)17(3)8-9-18(4)27-24(33)14-22-26-23(32)13-20-12-21(35-19(5)31)10-11-29(20,6)28(26)25(34)15-30(22,27)7/h13,16,18,21-28,32-34H,3,8-12,14-15H2,1-2,4-7H3/t18-,21+,22+,23-,24+,25-,26-,27+,28+,29+,30+/m1/s1. The van der Waals surface area contributed by atoms with Crippen molar-refractivity contribution in [3.05, 3.63) is 23.8 Å². The monoisotopic (exact) mass is 488 g/mol. The van der Waals surface area contributed by atoms with Crippen LogP contribution in [0.15, 0.2) is 23.8 Å². The van der Waals surface area contributed by atoms with E-state index in [1.54, 1.807) is 0 Å². The Bertz CT molecular complexity index is 863. The highest BCUT2D eigenvalue weighted by Gasteiger charge is 2.65. The second kappa shape index (κ2) is 9.61. The zero-order valence-electron chi connectivity index (χ0n) is 22.7. The molecule has 11 atom stereocenters. The summed E-state index contributed by atoms with van der Waals surface area (Å²) in [5.41, 5.74) is 1.95. The molecule has 4 aliphatic carbocycles. The average molecular weight is 489 g/mol. The van der Waals surface area contributed by atoms with E-state index in [-0.39, 0.29) is 46.6 Å². The molecule has 198 valence electrons. The van der Waals surface area contributed by atoms with Crippen molar-refractivity contribution in [3.8, 4) is 0 Å². The highest BCUT2D eigenvalue weighted by Crippen LogP contribution is 2.67. The van der Waals surface area contributed by atoms with E-state index in [2.05, 4.69) is 41.2 Å². The minimum atomic E-state index is -0.652. The molecule has 0 aliphatic heterocycles. The molecule has 0 bridgehead atoms. The van der Waals surface area contributed by atoms with Crippen LogP contribution in [0.1, 0.15) is 86.5 Å². The minimum absolute atomic E-state index is 0.0455. The lowest BCUT2D eigenvalue weighted by molar-refractivity contribution is -0.162. The van der Waals surface area contributed by atoms with Crippen LogP contribution in [0.2, 0.25) is 0 Å². The molecule has 5 heteroatoms. The van der Waals surface area contributed by atoms with Crippen molar-refractivity contribution in [3.63, 3.8) is 0 Å². The Hall–Kier alpha value is -1.17. The molecule has 5 nitrogen and oxygen atoms in total. The van der Waals surface area contributed by atoms with E-state index in [4.69, 9.17) is 4.74 Å². The number of hydrogen-bond acceptors (Lipinski definition) is 5. The molecule has 0 amide bonds. The first-order valence-corrected chi connectivity index (χ1v) is 13.9. The van der Waals surface area contributed by atoms with Crippen LogP contribution in [-0.2, 0) is 9.53 Å². The van der Waals surface area contributed by atoms with Gasteiger partial charge in [-0.3, -0.25) is 4.79 Å². The first-order valence-electron chi connectivity index (χ1n) is 13.9. The maximum absolute atomic E-state index is 11.7. The van der Waals surface area contributed by atoms with Crippen molar-refractivity contribution in [2.24, 2.45) is 46.3 Å². The molecule has 3 N–H and O–H groups in total. The zero-order valence-corrected chi connectivity index (χ0v) is 22.7. The number of aliphatic hydroxyl groups excluding tert-OH is 3. The number of ether oxygens (including phenoxy) is 1. The van der Waals surface area contributed by atoms with Crippen LogP contribution in [0.4, 0.5) is 0 Å². The average Bonchev–Trinajstić information content (AvgIpc) is 3.01. The van der Waals surface area contributed by atoms with Crippen LogP contribution < -0.4 is 0 Å². The van der Waals surface area contributed by atoms with Crippen molar-refractivity contribution in [1.82, 2.24) is 0 Å². The molecule has 35 heavy (non-hydrogen) atoms. The second-order valence-corrected chi connectivity index (χ2v) is 13.2. The van der Waals surface area contributed by atoms with E-state index in [1.165, 1.54) is 12.5 Å². The molecule has 0 heterocycles. The van der Waals surface area contributed by atoms with Crippen LogP contribution in [0.25, 0.3) is 0 Å². The first kappa shape index (κ1) is 26.9. The number of aliphatic hydroxyl groups is 3. The van der Waals surface area contributed by atoms with Gasteiger partial charge in [-0.25, -0.2) is 0 Å². The molecule has 3 saturated carbocycles. The smallest absolute Gasteiger partial charge is 0.302 e. The maximum atomic E-state index is 11.7. The Kier molecular flexibility index (Phi) is 7.38.